The number of fused-ring (bicyclic) bond motifs is 5. The first kappa shape index (κ1) is 68.0. The summed E-state index contributed by atoms with van der Waals surface area (Å²) >= 11 is 0. The smallest absolute Gasteiger partial charge is 0.0494 e. The van der Waals surface area contributed by atoms with Crippen LogP contribution in [0, 0.1) is 0 Å². The van der Waals surface area contributed by atoms with Gasteiger partial charge < -0.3 is 19.6 Å². The molecule has 112 heavy (non-hydrogen) atoms. The molecular weight excluding hydrogens is 1350 g/mol. The van der Waals surface area contributed by atoms with E-state index >= 15 is 0 Å². The molecule has 20 aromatic carbocycles. The molecule has 0 aromatic heterocycles. The lowest BCUT2D eigenvalue weighted by molar-refractivity contribution is 1.22. The minimum absolute atomic E-state index is 1.10. The van der Waals surface area contributed by atoms with E-state index < -0.39 is 0 Å². The quantitative estimate of drug-likeness (QED) is 0.0706. The zero-order valence-corrected chi connectivity index (χ0v) is 62.4. The summed E-state index contributed by atoms with van der Waals surface area (Å²) in [4.78, 5) is 9.29. The third kappa shape index (κ3) is 13.1. The lowest BCUT2D eigenvalue weighted by Gasteiger charge is -2.26. The third-order valence-electron chi connectivity index (χ3n) is 22.3. The van der Waals surface area contributed by atoms with Gasteiger partial charge in [0.05, 0.1) is 0 Å². The molecule has 0 aliphatic rings. The van der Waals surface area contributed by atoms with Gasteiger partial charge in [-0.05, 0) is 230 Å². The molecule has 0 N–H and O–H groups in total. The number of hydrogen-bond acceptors (Lipinski definition) is 4. The van der Waals surface area contributed by atoms with Gasteiger partial charge in [0.25, 0.3) is 0 Å². The van der Waals surface area contributed by atoms with E-state index in [1.807, 2.05) is 0 Å². The summed E-state index contributed by atoms with van der Waals surface area (Å²) in [6.07, 6.45) is 0. The minimum Gasteiger partial charge on any atom is -0.344 e. The molecule has 0 radical (unpaired) electrons. The van der Waals surface area contributed by atoms with Crippen LogP contribution in [0.15, 0.2) is 437 Å². The van der Waals surface area contributed by atoms with E-state index in [-0.39, 0.29) is 0 Å². The van der Waals surface area contributed by atoms with Crippen LogP contribution in [0.3, 0.4) is 0 Å². The van der Waals surface area contributed by atoms with Crippen LogP contribution >= 0.6 is 0 Å². The highest BCUT2D eigenvalue weighted by molar-refractivity contribution is 6.34. The molecule has 0 aliphatic carbocycles. The molecule has 0 spiro atoms. The monoisotopic (exact) mass is 1430 g/mol. The molecule has 4 heteroatoms. The van der Waals surface area contributed by atoms with E-state index in [0.29, 0.717) is 0 Å². The van der Waals surface area contributed by atoms with Crippen LogP contribution in [0.1, 0.15) is 0 Å². The van der Waals surface area contributed by atoms with E-state index in [0.717, 1.165) is 45.5 Å². The van der Waals surface area contributed by atoms with Crippen molar-refractivity contribution in [2.45, 2.75) is 0 Å². The molecule has 0 bridgehead atoms. The Morgan fingerprint density at radius 2 is 0.384 bits per heavy atom. The fraction of sp³-hybridized carbons (Fsp3) is 0.0185. The Labute approximate surface area is 654 Å². The van der Waals surface area contributed by atoms with Gasteiger partial charge in [-0.1, -0.05) is 328 Å². The Balaban J connectivity index is 0.000000152. The second-order valence-corrected chi connectivity index (χ2v) is 28.9. The average Bonchev–Trinajstić information content (AvgIpc) is 0.716. The van der Waals surface area contributed by atoms with E-state index in [1.165, 1.54) is 143 Å². The fourth-order valence-corrected chi connectivity index (χ4v) is 16.5. The van der Waals surface area contributed by atoms with Crippen LogP contribution in [0.5, 0.6) is 0 Å². The maximum atomic E-state index is 2.34. The summed E-state index contributed by atoms with van der Waals surface area (Å²) in [5.41, 5.74) is 25.7. The Kier molecular flexibility index (Phi) is 18.1. The molecule has 0 heterocycles. The van der Waals surface area contributed by atoms with Crippen LogP contribution in [0.2, 0.25) is 0 Å². The van der Waals surface area contributed by atoms with Gasteiger partial charge in [-0.2, -0.15) is 0 Å². The molecule has 0 fully saturated rings. The summed E-state index contributed by atoms with van der Waals surface area (Å²) in [6.45, 7) is 0. The number of benzene rings is 20. The van der Waals surface area contributed by atoms with Crippen LogP contribution in [0.4, 0.5) is 56.9 Å². The lowest BCUT2D eigenvalue weighted by Crippen LogP contribution is -2.10. The Bertz CT molecular complexity index is 6460. The molecular formula is C108H78N4. The summed E-state index contributed by atoms with van der Waals surface area (Å²) < 4.78 is 0. The SMILES string of the molecule is CN(c1ccc(-c2ccc(N(c3ccc(-c4ccccc4)cc3)c3ccc(-c4ccccc4)cc3)cc2)cc1)c1cc2ccccc2c2ccccc12.CN(c1ccc(-c2ccc(N(c3ccc(-c4ccccc4)cc3)c3ccc(-c4ccccc4)cc3)cc2)cc1)c1ccc2c3cccc4cccc(c5cccc1c52)c43. The molecule has 4 nitrogen and oxygen atoms in total. The predicted octanol–water partition coefficient (Wildman–Crippen LogP) is 30.2. The highest BCUT2D eigenvalue weighted by atomic mass is 15.1. The first-order chi connectivity index (χ1) is 55.4. The van der Waals surface area contributed by atoms with Crippen molar-refractivity contribution in [2.75, 3.05) is 33.7 Å². The van der Waals surface area contributed by atoms with Crippen LogP contribution < -0.4 is 19.6 Å². The van der Waals surface area contributed by atoms with Crippen LogP contribution in [0.25, 0.3) is 131 Å². The second-order valence-electron chi connectivity index (χ2n) is 28.9. The van der Waals surface area contributed by atoms with E-state index in [9.17, 15) is 0 Å². The van der Waals surface area contributed by atoms with Crippen molar-refractivity contribution in [3.63, 3.8) is 0 Å². The Morgan fingerprint density at radius 1 is 0.143 bits per heavy atom. The molecule has 0 atom stereocenters. The van der Waals surface area contributed by atoms with Gasteiger partial charge in [0.1, 0.15) is 0 Å². The van der Waals surface area contributed by atoms with Gasteiger partial charge in [0.15, 0.2) is 0 Å². The van der Waals surface area contributed by atoms with Crippen LogP contribution in [-0.2, 0) is 0 Å². The summed E-state index contributed by atoms with van der Waals surface area (Å²) in [6, 6.07) is 158. The zero-order valence-electron chi connectivity index (χ0n) is 62.4. The largest absolute Gasteiger partial charge is 0.344 e. The van der Waals surface area contributed by atoms with E-state index in [4.69, 9.17) is 0 Å². The van der Waals surface area contributed by atoms with Crippen molar-refractivity contribution in [1.29, 1.82) is 0 Å². The first-order valence-electron chi connectivity index (χ1n) is 38.5. The van der Waals surface area contributed by atoms with Crippen molar-refractivity contribution in [3.8, 4) is 66.8 Å². The Hall–Kier alpha value is -14.6. The molecule has 0 saturated carbocycles. The van der Waals surface area contributed by atoms with Gasteiger partial charge in [-0.3, -0.25) is 0 Å². The van der Waals surface area contributed by atoms with Gasteiger partial charge in [-0.15, -0.1) is 0 Å². The van der Waals surface area contributed by atoms with Crippen molar-refractivity contribution >= 4 is 122 Å². The molecule has 20 rings (SSSR count). The summed E-state index contributed by atoms with van der Waals surface area (Å²) in [7, 11) is 4.34. The number of anilines is 10. The maximum absolute atomic E-state index is 2.34. The first-order valence-corrected chi connectivity index (χ1v) is 38.5. The van der Waals surface area contributed by atoms with Gasteiger partial charge in [-0.25, -0.2) is 0 Å². The number of rotatable bonds is 16. The molecule has 0 saturated heterocycles. The molecule has 20 aromatic rings. The lowest BCUT2D eigenvalue weighted by atomic mass is 9.89. The fourth-order valence-electron chi connectivity index (χ4n) is 16.5. The van der Waals surface area contributed by atoms with Crippen molar-refractivity contribution in [2.24, 2.45) is 0 Å². The molecule has 530 valence electrons. The van der Waals surface area contributed by atoms with E-state index in [2.05, 4.69) is 470 Å². The van der Waals surface area contributed by atoms with Crippen molar-refractivity contribution in [1.82, 2.24) is 0 Å². The minimum atomic E-state index is 1.10. The van der Waals surface area contributed by atoms with Gasteiger partial charge in [0, 0.05) is 81.7 Å². The topological polar surface area (TPSA) is 13.0 Å². The average molecular weight is 1430 g/mol. The Morgan fingerprint density at radius 3 is 0.741 bits per heavy atom. The van der Waals surface area contributed by atoms with Gasteiger partial charge >= 0.3 is 0 Å². The summed E-state index contributed by atoms with van der Waals surface area (Å²) in [5, 5.41) is 15.5. The zero-order chi connectivity index (χ0) is 74.9. The van der Waals surface area contributed by atoms with Gasteiger partial charge in [0.2, 0.25) is 0 Å². The van der Waals surface area contributed by atoms with Crippen molar-refractivity contribution < 1.29 is 0 Å². The van der Waals surface area contributed by atoms with Crippen LogP contribution in [-0.4, -0.2) is 14.1 Å². The highest BCUT2D eigenvalue weighted by Gasteiger charge is 2.21. The summed E-state index contributed by atoms with van der Waals surface area (Å²) in [5.74, 6) is 0. The number of hydrogen-bond donors (Lipinski definition) is 0. The predicted molar refractivity (Wildman–Crippen MR) is 480 cm³/mol. The normalized spacial score (nSPS) is 11.3. The highest BCUT2D eigenvalue weighted by Crippen LogP contribution is 2.46. The maximum Gasteiger partial charge on any atom is 0.0494 e. The standard InChI is InChI=1S/C57H40N2.C51H38N2/c1-58(55-38-37-53-51-18-9-16-45-15-8-17-50(56(45)51)52-19-10-20-54(55)57(52)53)46-29-21-43(22-30-46)44-27-35-49(36-28-44)59(47-31-23-41(24-32-47)39-11-4-2-5-12-39)48-33-25-42(26-34-48)40-13-6-3-7-14-40;1-52(51-36-43-16-8-9-17-48(43)49-18-10-11-19-50(49)51)44-28-20-41(21-29-44)42-26-34-47(35-27-42)53(45-30-22-39(23-31-45)37-12-4-2-5-13-37)46-32-24-40(25-33-46)38-14-6-3-7-15-38/h2-38H,1H3;2-36H,1H3. The second kappa shape index (κ2) is 29.9. The molecule has 0 aliphatic heterocycles. The molecule has 0 amide bonds. The molecule has 0 unspecified atom stereocenters. The van der Waals surface area contributed by atoms with E-state index in [1.54, 1.807) is 0 Å². The third-order valence-corrected chi connectivity index (χ3v) is 22.3. The number of nitrogens with zero attached hydrogens (tertiary/aromatic N) is 4. The van der Waals surface area contributed by atoms with Crippen molar-refractivity contribution in [3.05, 3.63) is 437 Å².